The molecule has 2 aromatic rings. The van der Waals surface area contributed by atoms with Gasteiger partial charge in [0.25, 0.3) is 0 Å². The average molecular weight is 503 g/mol. The van der Waals surface area contributed by atoms with E-state index in [9.17, 15) is 24.3 Å². The highest BCUT2D eigenvalue weighted by molar-refractivity contribution is 5.94. The molecule has 5 atom stereocenters. The molecule has 0 bridgehead atoms. The Hall–Kier alpha value is -3.74. The number of likely N-dealkylation sites (tertiary alicyclic amines) is 1. The Labute approximate surface area is 208 Å². The number of aromatic amines is 2. The van der Waals surface area contributed by atoms with Gasteiger partial charge in [-0.05, 0) is 18.8 Å². The Kier molecular flexibility index (Phi) is 9.17. The number of nitrogens with zero attached hydrogens (tertiary/aromatic N) is 3. The number of hydrogen-bond acceptors (Lipinski definition) is 7. The lowest BCUT2D eigenvalue weighted by Crippen LogP contribution is -2.59. The number of carboxylic acid groups (broad SMARTS) is 1. The van der Waals surface area contributed by atoms with Gasteiger partial charge in [0.1, 0.15) is 18.1 Å². The first kappa shape index (κ1) is 26.9. The number of carbonyl (C=O) groups is 4. The summed E-state index contributed by atoms with van der Waals surface area (Å²) in [6.45, 7) is 3.99. The van der Waals surface area contributed by atoms with Gasteiger partial charge in [-0.3, -0.25) is 14.4 Å². The molecular weight excluding hydrogens is 468 g/mol. The Balaban J connectivity index is 1.75. The lowest BCUT2D eigenvalue weighted by molar-refractivity contribution is -0.149. The number of nitrogens with two attached hydrogens (primary N) is 1. The summed E-state index contributed by atoms with van der Waals surface area (Å²) in [6.07, 6.45) is 7.85. The molecule has 13 heteroatoms. The highest BCUT2D eigenvalue weighted by Crippen LogP contribution is 2.20. The minimum absolute atomic E-state index is 0.0912. The molecule has 13 nitrogen and oxygen atoms in total. The van der Waals surface area contributed by atoms with Crippen molar-refractivity contribution < 1.29 is 24.3 Å². The van der Waals surface area contributed by atoms with Crippen LogP contribution in [0.3, 0.4) is 0 Å². The van der Waals surface area contributed by atoms with E-state index in [-0.39, 0.29) is 18.8 Å². The van der Waals surface area contributed by atoms with Crippen LogP contribution in [0.4, 0.5) is 0 Å². The van der Waals surface area contributed by atoms with Crippen molar-refractivity contribution in [1.82, 2.24) is 35.5 Å². The van der Waals surface area contributed by atoms with Crippen LogP contribution in [0.25, 0.3) is 0 Å². The van der Waals surface area contributed by atoms with E-state index in [0.717, 1.165) is 0 Å². The fourth-order valence-electron chi connectivity index (χ4n) is 4.25. The molecule has 1 aliphatic rings. The summed E-state index contributed by atoms with van der Waals surface area (Å²) in [5, 5.41) is 15.0. The van der Waals surface area contributed by atoms with Crippen LogP contribution in [0.1, 0.15) is 44.5 Å². The maximum atomic E-state index is 13.4. The van der Waals surface area contributed by atoms with Crippen molar-refractivity contribution in [3.05, 3.63) is 36.4 Å². The van der Waals surface area contributed by atoms with Gasteiger partial charge in [0.05, 0.1) is 18.7 Å². The summed E-state index contributed by atoms with van der Waals surface area (Å²) in [5.74, 6) is -2.88. The number of carbonyl (C=O) groups excluding carboxylic acids is 3. The quantitative estimate of drug-likeness (QED) is 0.219. The SMILES string of the molecule is CCC(C)C(NC(=O)C(N)Cc1cnc[nH]1)C(=O)NC(Cc1cnc[nH]1)C(=O)N1CCCC1C(=O)O. The Morgan fingerprint density at radius 2 is 1.75 bits per heavy atom. The molecule has 1 saturated heterocycles. The van der Waals surface area contributed by atoms with Crippen molar-refractivity contribution in [1.29, 1.82) is 0 Å². The molecule has 0 spiro atoms. The van der Waals surface area contributed by atoms with E-state index in [1.165, 1.54) is 23.8 Å². The summed E-state index contributed by atoms with van der Waals surface area (Å²) in [6, 6.07) is -3.83. The maximum Gasteiger partial charge on any atom is 0.326 e. The normalized spacial score (nSPS) is 18.8. The van der Waals surface area contributed by atoms with Gasteiger partial charge in [-0.25, -0.2) is 14.8 Å². The van der Waals surface area contributed by atoms with Gasteiger partial charge in [0.15, 0.2) is 0 Å². The lowest BCUT2D eigenvalue weighted by atomic mass is 9.96. The average Bonchev–Trinajstić information content (AvgIpc) is 3.63. The van der Waals surface area contributed by atoms with Crippen LogP contribution in [-0.2, 0) is 32.0 Å². The number of aliphatic carboxylic acids is 1. The van der Waals surface area contributed by atoms with Crippen molar-refractivity contribution in [2.75, 3.05) is 6.54 Å². The standard InChI is InChI=1S/C23H34N8O5/c1-3-13(2)19(30-20(32)16(24)7-14-9-25-11-27-14)21(33)29-17(8-15-10-26-12-28-15)22(34)31-6-4-5-18(31)23(35)36/h9-13,16-19H,3-8,24H2,1-2H3,(H,25,27)(H,26,28)(H,29,33)(H,30,32)(H,35,36). The van der Waals surface area contributed by atoms with Crippen LogP contribution in [0, 0.1) is 5.92 Å². The molecular formula is C23H34N8O5. The number of imidazole rings is 2. The first-order chi connectivity index (χ1) is 17.2. The van der Waals surface area contributed by atoms with Gasteiger partial charge in [-0.15, -0.1) is 0 Å². The molecule has 196 valence electrons. The molecule has 1 fully saturated rings. The molecule has 3 heterocycles. The third kappa shape index (κ3) is 6.68. The second-order valence-electron chi connectivity index (χ2n) is 9.13. The largest absolute Gasteiger partial charge is 0.480 e. The van der Waals surface area contributed by atoms with E-state index in [2.05, 4.69) is 30.6 Å². The number of carboxylic acids is 1. The highest BCUT2D eigenvalue weighted by atomic mass is 16.4. The minimum atomic E-state index is -1.08. The topological polar surface area (TPSA) is 199 Å². The van der Waals surface area contributed by atoms with Crippen molar-refractivity contribution >= 4 is 23.7 Å². The third-order valence-corrected chi connectivity index (χ3v) is 6.54. The van der Waals surface area contributed by atoms with Crippen LogP contribution in [-0.4, -0.2) is 84.3 Å². The van der Waals surface area contributed by atoms with Crippen LogP contribution in [0.5, 0.6) is 0 Å². The zero-order valence-electron chi connectivity index (χ0n) is 20.4. The van der Waals surface area contributed by atoms with Gasteiger partial charge in [0.2, 0.25) is 17.7 Å². The van der Waals surface area contributed by atoms with Crippen molar-refractivity contribution in [2.24, 2.45) is 11.7 Å². The van der Waals surface area contributed by atoms with Crippen LogP contribution < -0.4 is 16.4 Å². The van der Waals surface area contributed by atoms with Gasteiger partial charge in [-0.1, -0.05) is 20.3 Å². The van der Waals surface area contributed by atoms with Crippen LogP contribution in [0.15, 0.2) is 25.0 Å². The number of hydrogen-bond donors (Lipinski definition) is 6. The maximum absolute atomic E-state index is 13.4. The second-order valence-corrected chi connectivity index (χ2v) is 9.13. The Morgan fingerprint density at radius 3 is 2.31 bits per heavy atom. The molecule has 5 unspecified atom stereocenters. The van der Waals surface area contributed by atoms with Gasteiger partial charge >= 0.3 is 5.97 Å². The first-order valence-corrected chi connectivity index (χ1v) is 12.0. The molecule has 3 amide bonds. The van der Waals surface area contributed by atoms with Gasteiger partial charge in [0, 0.05) is 43.2 Å². The van der Waals surface area contributed by atoms with Gasteiger partial charge in [-0.2, -0.15) is 0 Å². The molecule has 3 rings (SSSR count). The van der Waals surface area contributed by atoms with E-state index < -0.39 is 47.9 Å². The minimum Gasteiger partial charge on any atom is -0.480 e. The summed E-state index contributed by atoms with van der Waals surface area (Å²) in [5.41, 5.74) is 7.33. The van der Waals surface area contributed by atoms with E-state index in [1.54, 1.807) is 6.20 Å². The van der Waals surface area contributed by atoms with Crippen LogP contribution >= 0.6 is 0 Å². The van der Waals surface area contributed by atoms with Crippen molar-refractivity contribution in [2.45, 2.75) is 70.1 Å². The molecule has 36 heavy (non-hydrogen) atoms. The van der Waals surface area contributed by atoms with E-state index >= 15 is 0 Å². The second kappa shape index (κ2) is 12.3. The summed E-state index contributed by atoms with van der Waals surface area (Å²) < 4.78 is 0. The highest BCUT2D eigenvalue weighted by Gasteiger charge is 2.39. The summed E-state index contributed by atoms with van der Waals surface area (Å²) in [7, 11) is 0. The zero-order chi connectivity index (χ0) is 26.2. The monoisotopic (exact) mass is 502 g/mol. The summed E-state index contributed by atoms with van der Waals surface area (Å²) in [4.78, 5) is 66.2. The third-order valence-electron chi connectivity index (χ3n) is 6.54. The van der Waals surface area contributed by atoms with Crippen molar-refractivity contribution in [3.63, 3.8) is 0 Å². The van der Waals surface area contributed by atoms with Crippen LogP contribution in [0.2, 0.25) is 0 Å². The van der Waals surface area contributed by atoms with Gasteiger partial charge < -0.3 is 36.3 Å². The number of nitrogens with one attached hydrogen (secondary N) is 4. The molecule has 0 aliphatic carbocycles. The van der Waals surface area contributed by atoms with E-state index in [4.69, 9.17) is 5.73 Å². The number of rotatable bonds is 12. The predicted octanol–water partition coefficient (Wildman–Crippen LogP) is -0.663. The molecule has 7 N–H and O–H groups in total. The molecule has 2 aromatic heterocycles. The number of amides is 3. The molecule has 1 aliphatic heterocycles. The van der Waals surface area contributed by atoms with E-state index in [0.29, 0.717) is 37.2 Å². The number of H-pyrrole nitrogens is 2. The first-order valence-electron chi connectivity index (χ1n) is 12.0. The molecule has 0 aromatic carbocycles. The number of aromatic nitrogens is 4. The molecule has 0 saturated carbocycles. The van der Waals surface area contributed by atoms with Crippen molar-refractivity contribution in [3.8, 4) is 0 Å². The zero-order valence-corrected chi connectivity index (χ0v) is 20.4. The molecule has 0 radical (unpaired) electrons. The lowest BCUT2D eigenvalue weighted by Gasteiger charge is -2.30. The fraction of sp³-hybridized carbons (Fsp3) is 0.565. The Bertz CT molecular complexity index is 1030. The Morgan fingerprint density at radius 1 is 1.11 bits per heavy atom. The smallest absolute Gasteiger partial charge is 0.326 e. The fourth-order valence-corrected chi connectivity index (χ4v) is 4.25. The predicted molar refractivity (Wildman–Crippen MR) is 128 cm³/mol. The summed E-state index contributed by atoms with van der Waals surface area (Å²) >= 11 is 0. The van der Waals surface area contributed by atoms with E-state index in [1.807, 2.05) is 13.8 Å².